The third-order valence-electron chi connectivity index (χ3n) is 5.12. The lowest BCUT2D eigenvalue weighted by atomic mass is 10.1. The third kappa shape index (κ3) is 6.46. The summed E-state index contributed by atoms with van der Waals surface area (Å²) >= 11 is 3.68. The van der Waals surface area contributed by atoms with Crippen molar-refractivity contribution >= 4 is 36.3 Å². The van der Waals surface area contributed by atoms with Crippen molar-refractivity contribution in [3.8, 4) is 5.75 Å². The number of rotatable bonds is 9. The molecule has 2 aromatic rings. The summed E-state index contributed by atoms with van der Waals surface area (Å²) in [5.41, 5.74) is 2.80. The Morgan fingerprint density at radius 1 is 1.11 bits per heavy atom. The van der Waals surface area contributed by atoms with Gasteiger partial charge in [-0.25, -0.2) is 0 Å². The predicted molar refractivity (Wildman–Crippen MR) is 122 cm³/mol. The number of alkyl halides is 1. The lowest BCUT2D eigenvalue weighted by Crippen LogP contribution is -2.43. The molecule has 2 rings (SSSR count). The zero-order valence-electron chi connectivity index (χ0n) is 17.3. The van der Waals surface area contributed by atoms with Crippen LogP contribution in [0.25, 0.3) is 0 Å². The maximum absolute atomic E-state index is 11.0. The number of carbonyl (C=O) groups is 1. The predicted octanol–water partition coefficient (Wildman–Crippen LogP) is 6.12. The fourth-order valence-electron chi connectivity index (χ4n) is 2.47. The molecular formula is C22H30BrNO3Si. The van der Waals surface area contributed by atoms with Gasteiger partial charge in [0.25, 0.3) is 0 Å². The number of ether oxygens (including phenoxy) is 1. The van der Waals surface area contributed by atoms with E-state index in [1.165, 1.54) is 0 Å². The molecule has 0 aliphatic rings. The standard InChI is InChI=1S/C22H30BrNO3Si/c1-22(2,3)28(4,5)27-21(23)14-18-11-12-20(19(13-18)24-16-25)26-15-17-9-7-6-8-10-17/h6-13,16,21H,14-15H2,1-5H3,(H,24,25). The second kappa shape index (κ2) is 9.72. The zero-order valence-corrected chi connectivity index (χ0v) is 19.9. The molecule has 0 spiro atoms. The maximum Gasteiger partial charge on any atom is 0.211 e. The summed E-state index contributed by atoms with van der Waals surface area (Å²) in [6, 6.07) is 15.8. The van der Waals surface area contributed by atoms with Gasteiger partial charge >= 0.3 is 0 Å². The Labute approximate surface area is 177 Å². The Morgan fingerprint density at radius 2 is 1.79 bits per heavy atom. The van der Waals surface area contributed by atoms with Gasteiger partial charge in [-0.15, -0.1) is 0 Å². The molecule has 1 unspecified atom stereocenters. The molecule has 28 heavy (non-hydrogen) atoms. The number of nitrogens with one attached hydrogen (secondary N) is 1. The van der Waals surface area contributed by atoms with Crippen molar-refractivity contribution in [2.75, 3.05) is 5.32 Å². The first-order chi connectivity index (χ1) is 13.1. The molecule has 2 aromatic carbocycles. The van der Waals surface area contributed by atoms with Gasteiger partial charge in [-0.3, -0.25) is 4.79 Å². The van der Waals surface area contributed by atoms with E-state index in [1.807, 2.05) is 48.5 Å². The number of benzene rings is 2. The number of anilines is 1. The van der Waals surface area contributed by atoms with Crippen molar-refractivity contribution in [3.05, 3.63) is 59.7 Å². The van der Waals surface area contributed by atoms with Gasteiger partial charge in [0.05, 0.1) is 5.69 Å². The molecule has 4 nitrogen and oxygen atoms in total. The summed E-state index contributed by atoms with van der Waals surface area (Å²) in [5.74, 6) is 0.649. The van der Waals surface area contributed by atoms with Crippen LogP contribution in [0.2, 0.25) is 18.1 Å². The fourth-order valence-corrected chi connectivity index (χ4v) is 5.32. The first-order valence-electron chi connectivity index (χ1n) is 9.44. The van der Waals surface area contributed by atoms with Crippen LogP contribution in [0.5, 0.6) is 5.75 Å². The second-order valence-corrected chi connectivity index (χ2v) is 14.1. The van der Waals surface area contributed by atoms with Crippen molar-refractivity contribution < 1.29 is 14.0 Å². The van der Waals surface area contributed by atoms with Crippen molar-refractivity contribution in [2.24, 2.45) is 0 Å². The number of halogens is 1. The minimum Gasteiger partial charge on any atom is -0.487 e. The van der Waals surface area contributed by atoms with E-state index in [1.54, 1.807) is 0 Å². The van der Waals surface area contributed by atoms with Crippen LogP contribution in [0.3, 0.4) is 0 Å². The van der Waals surface area contributed by atoms with E-state index in [0.717, 1.165) is 11.1 Å². The Balaban J connectivity index is 2.07. The normalized spacial score (nSPS) is 13.1. The van der Waals surface area contributed by atoms with Gasteiger partial charge in [0.2, 0.25) is 6.41 Å². The molecule has 1 amide bonds. The Morgan fingerprint density at radius 3 is 2.39 bits per heavy atom. The molecule has 1 atom stereocenters. The summed E-state index contributed by atoms with van der Waals surface area (Å²) in [5, 5.41) is 2.82. The topological polar surface area (TPSA) is 47.6 Å². The number of hydrogen-bond acceptors (Lipinski definition) is 3. The molecule has 6 heteroatoms. The molecular weight excluding hydrogens is 434 g/mol. The van der Waals surface area contributed by atoms with Crippen LogP contribution in [0.15, 0.2) is 48.5 Å². The Hall–Kier alpha value is -1.63. The van der Waals surface area contributed by atoms with Crippen molar-refractivity contribution in [1.82, 2.24) is 0 Å². The van der Waals surface area contributed by atoms with Crippen LogP contribution in [0.4, 0.5) is 5.69 Å². The summed E-state index contributed by atoms with van der Waals surface area (Å²) in [7, 11) is -1.86. The largest absolute Gasteiger partial charge is 0.487 e. The van der Waals surface area contributed by atoms with Crippen molar-refractivity contribution in [1.29, 1.82) is 0 Å². The minimum atomic E-state index is -1.86. The van der Waals surface area contributed by atoms with Crippen LogP contribution in [-0.2, 0) is 22.2 Å². The second-order valence-electron chi connectivity index (χ2n) is 8.36. The quantitative estimate of drug-likeness (QED) is 0.276. The summed E-state index contributed by atoms with van der Waals surface area (Å²) < 4.78 is 12.3. The molecule has 1 N–H and O–H groups in total. The van der Waals surface area contributed by atoms with E-state index in [4.69, 9.17) is 9.16 Å². The van der Waals surface area contributed by atoms with E-state index in [2.05, 4.69) is 55.1 Å². The van der Waals surface area contributed by atoms with Gasteiger partial charge in [0, 0.05) is 6.42 Å². The van der Waals surface area contributed by atoms with Gasteiger partial charge < -0.3 is 14.5 Å². The fraction of sp³-hybridized carbons (Fsp3) is 0.409. The molecule has 0 aliphatic carbocycles. The monoisotopic (exact) mass is 463 g/mol. The lowest BCUT2D eigenvalue weighted by molar-refractivity contribution is -0.105. The molecule has 0 saturated heterocycles. The van der Waals surface area contributed by atoms with E-state index in [0.29, 0.717) is 30.9 Å². The number of hydrogen-bond donors (Lipinski definition) is 1. The molecule has 0 fully saturated rings. The summed E-state index contributed by atoms with van der Waals surface area (Å²) in [6.07, 6.45) is 1.38. The highest BCUT2D eigenvalue weighted by Crippen LogP contribution is 2.38. The van der Waals surface area contributed by atoms with Crippen LogP contribution in [-0.4, -0.2) is 19.7 Å². The van der Waals surface area contributed by atoms with Gasteiger partial charge in [0.1, 0.15) is 17.4 Å². The highest BCUT2D eigenvalue weighted by atomic mass is 79.9. The molecule has 152 valence electrons. The molecule has 0 aromatic heterocycles. The van der Waals surface area contributed by atoms with Crippen LogP contribution < -0.4 is 10.1 Å². The summed E-state index contributed by atoms with van der Waals surface area (Å²) in [6.45, 7) is 11.6. The van der Waals surface area contributed by atoms with Crippen LogP contribution in [0, 0.1) is 0 Å². The van der Waals surface area contributed by atoms with Crippen molar-refractivity contribution in [2.45, 2.75) is 56.9 Å². The van der Waals surface area contributed by atoms with E-state index >= 15 is 0 Å². The molecule has 0 bridgehead atoms. The zero-order chi connectivity index (χ0) is 20.8. The van der Waals surface area contributed by atoms with Gasteiger partial charge in [-0.2, -0.15) is 0 Å². The van der Waals surface area contributed by atoms with E-state index < -0.39 is 8.32 Å². The molecule has 0 aliphatic heterocycles. The Bertz CT molecular complexity index is 775. The average Bonchev–Trinajstić information content (AvgIpc) is 2.60. The van der Waals surface area contributed by atoms with Gasteiger partial charge in [-0.1, -0.05) is 73.1 Å². The SMILES string of the molecule is CC(C)(C)[Si](C)(C)OC(Br)Cc1ccc(OCc2ccccc2)c(NC=O)c1. The maximum atomic E-state index is 11.0. The highest BCUT2D eigenvalue weighted by Gasteiger charge is 2.38. The number of carbonyl (C=O) groups excluding carboxylic acids is 1. The molecule has 0 radical (unpaired) electrons. The Kier molecular flexibility index (Phi) is 7.86. The minimum absolute atomic E-state index is 0.0754. The van der Waals surface area contributed by atoms with Gasteiger partial charge in [-0.05, 0) is 41.4 Å². The molecule has 0 heterocycles. The lowest BCUT2D eigenvalue weighted by Gasteiger charge is -2.38. The van der Waals surface area contributed by atoms with Crippen molar-refractivity contribution in [3.63, 3.8) is 0 Å². The molecule has 0 saturated carbocycles. The highest BCUT2D eigenvalue weighted by molar-refractivity contribution is 9.09. The average molecular weight is 464 g/mol. The first kappa shape index (κ1) is 22.7. The third-order valence-corrected chi connectivity index (χ3v) is 10.5. The smallest absolute Gasteiger partial charge is 0.211 e. The van der Waals surface area contributed by atoms with E-state index in [9.17, 15) is 4.79 Å². The number of amides is 1. The van der Waals surface area contributed by atoms with Gasteiger partial charge in [0.15, 0.2) is 8.32 Å². The summed E-state index contributed by atoms with van der Waals surface area (Å²) in [4.78, 5) is 11.0. The van der Waals surface area contributed by atoms with Crippen LogP contribution in [0.1, 0.15) is 31.9 Å². The van der Waals surface area contributed by atoms with Crippen LogP contribution >= 0.6 is 15.9 Å². The van der Waals surface area contributed by atoms with E-state index in [-0.39, 0.29) is 10.1 Å². The first-order valence-corrected chi connectivity index (χ1v) is 13.3.